The normalized spacial score (nSPS) is 17.3. The fourth-order valence-electron chi connectivity index (χ4n) is 1.21. The Morgan fingerprint density at radius 2 is 1.42 bits per heavy atom. The highest BCUT2D eigenvalue weighted by Crippen LogP contribution is 2.51. The van der Waals surface area contributed by atoms with Gasteiger partial charge in [0.15, 0.2) is 12.6 Å². The molecule has 1 rings (SSSR count). The average Bonchev–Trinajstić information content (AvgIpc) is 2.27. The monoisotopic (exact) mass is 292 g/mol. The van der Waals surface area contributed by atoms with E-state index in [9.17, 15) is 4.57 Å². The molecule has 0 fully saturated rings. The topological polar surface area (TPSA) is 94.5 Å². The maximum atomic E-state index is 12.1. The van der Waals surface area contributed by atoms with Crippen LogP contribution in [0.25, 0.3) is 0 Å². The fourth-order valence-corrected chi connectivity index (χ4v) is 2.47. The van der Waals surface area contributed by atoms with Gasteiger partial charge in [-0.2, -0.15) is 0 Å². The third kappa shape index (κ3) is 5.59. The fraction of sp³-hybridized carbons (Fsp3) is 0.455. The van der Waals surface area contributed by atoms with Crippen LogP contribution in [0.4, 0.5) is 0 Å². The lowest BCUT2D eigenvalue weighted by atomic mass is 10.3. The van der Waals surface area contributed by atoms with Crippen molar-refractivity contribution in [3.63, 3.8) is 0 Å². The van der Waals surface area contributed by atoms with Crippen LogP contribution in [0.1, 0.15) is 13.8 Å². The van der Waals surface area contributed by atoms with Crippen molar-refractivity contribution in [3.05, 3.63) is 24.3 Å². The van der Waals surface area contributed by atoms with Crippen molar-refractivity contribution >= 4 is 7.82 Å². The summed E-state index contributed by atoms with van der Waals surface area (Å²) in [4.78, 5) is 0. The molecule has 108 valence electrons. The zero-order chi connectivity index (χ0) is 14.5. The van der Waals surface area contributed by atoms with E-state index < -0.39 is 20.4 Å². The first-order valence-electron chi connectivity index (χ1n) is 5.51. The largest absolute Gasteiger partial charge is 0.534 e. The smallest absolute Gasteiger partial charge is 0.497 e. The predicted octanol–water partition coefficient (Wildman–Crippen LogP) is 1.89. The van der Waals surface area contributed by atoms with Gasteiger partial charge < -0.3 is 19.5 Å². The van der Waals surface area contributed by atoms with E-state index in [0.29, 0.717) is 5.75 Å². The average molecular weight is 292 g/mol. The van der Waals surface area contributed by atoms with Gasteiger partial charge in [0.1, 0.15) is 11.5 Å². The number of aliphatic hydroxyl groups is 2. The highest BCUT2D eigenvalue weighted by molar-refractivity contribution is 7.49. The molecule has 0 saturated heterocycles. The summed E-state index contributed by atoms with van der Waals surface area (Å²) in [6.45, 7) is 2.49. The molecule has 19 heavy (non-hydrogen) atoms. The molecule has 0 aliphatic heterocycles. The molecular weight excluding hydrogens is 275 g/mol. The van der Waals surface area contributed by atoms with Crippen LogP contribution < -0.4 is 9.26 Å². The number of hydrogen-bond donors (Lipinski definition) is 2. The molecule has 0 aliphatic carbocycles. The summed E-state index contributed by atoms with van der Waals surface area (Å²) in [5.41, 5.74) is 0. The van der Waals surface area contributed by atoms with E-state index in [4.69, 9.17) is 19.5 Å². The van der Waals surface area contributed by atoms with E-state index in [-0.39, 0.29) is 5.75 Å². The molecule has 0 amide bonds. The number of hydrogen-bond acceptors (Lipinski definition) is 7. The molecule has 2 unspecified atom stereocenters. The van der Waals surface area contributed by atoms with Gasteiger partial charge in [0, 0.05) is 0 Å². The first kappa shape index (κ1) is 15.9. The minimum Gasteiger partial charge on any atom is -0.497 e. The lowest BCUT2D eigenvalue weighted by Crippen LogP contribution is -2.14. The van der Waals surface area contributed by atoms with Gasteiger partial charge in [0.2, 0.25) is 0 Å². The molecule has 0 radical (unpaired) electrons. The number of methoxy groups -OCH3 is 1. The summed E-state index contributed by atoms with van der Waals surface area (Å²) < 4.78 is 31.5. The maximum Gasteiger partial charge on any atom is 0.534 e. The second-order valence-corrected chi connectivity index (χ2v) is 5.12. The van der Waals surface area contributed by atoms with Gasteiger partial charge in [-0.05, 0) is 38.1 Å². The van der Waals surface area contributed by atoms with Crippen LogP contribution in [0.5, 0.6) is 11.5 Å². The molecule has 0 aromatic heterocycles. The van der Waals surface area contributed by atoms with Gasteiger partial charge >= 0.3 is 7.82 Å². The lowest BCUT2D eigenvalue weighted by molar-refractivity contribution is -0.0660. The Labute approximate surface area is 111 Å². The van der Waals surface area contributed by atoms with Crippen LogP contribution in [-0.2, 0) is 13.6 Å². The van der Waals surface area contributed by atoms with Crippen LogP contribution >= 0.6 is 7.82 Å². The van der Waals surface area contributed by atoms with Crippen molar-refractivity contribution in [2.75, 3.05) is 7.11 Å². The number of phosphoric acid groups is 1. The number of benzene rings is 1. The minimum atomic E-state index is -4.12. The molecule has 8 heteroatoms. The Morgan fingerprint density at radius 3 is 1.79 bits per heavy atom. The zero-order valence-corrected chi connectivity index (χ0v) is 11.7. The molecule has 0 bridgehead atoms. The minimum absolute atomic E-state index is 0.186. The number of phosphoric ester groups is 1. The molecule has 2 N–H and O–H groups in total. The number of rotatable bonds is 7. The second kappa shape index (κ2) is 6.88. The van der Waals surface area contributed by atoms with E-state index in [1.54, 1.807) is 12.1 Å². The third-order valence-corrected chi connectivity index (χ3v) is 3.40. The number of aliphatic hydroxyl groups excluding tert-OH is 2. The van der Waals surface area contributed by atoms with E-state index in [1.807, 2.05) is 0 Å². The standard InChI is InChI=1S/C11H17O7P/c1-8(12)16-19(14,17-9(2)13)18-11-6-4-10(15-3)5-7-11/h4-9,12-13H,1-3H3. The van der Waals surface area contributed by atoms with Gasteiger partial charge in [0.25, 0.3) is 0 Å². The molecular formula is C11H17O7P. The Kier molecular flexibility index (Phi) is 5.78. The molecule has 0 heterocycles. The van der Waals surface area contributed by atoms with E-state index >= 15 is 0 Å². The predicted molar refractivity (Wildman–Crippen MR) is 66.8 cm³/mol. The Morgan fingerprint density at radius 1 is 1.00 bits per heavy atom. The molecule has 7 nitrogen and oxygen atoms in total. The van der Waals surface area contributed by atoms with Gasteiger partial charge in [-0.25, -0.2) is 13.6 Å². The van der Waals surface area contributed by atoms with Crippen LogP contribution in [0.15, 0.2) is 24.3 Å². The molecule has 0 aliphatic rings. The van der Waals surface area contributed by atoms with Crippen molar-refractivity contribution in [3.8, 4) is 11.5 Å². The van der Waals surface area contributed by atoms with Crippen molar-refractivity contribution in [2.24, 2.45) is 0 Å². The summed E-state index contributed by atoms with van der Waals surface area (Å²) in [5.74, 6) is 0.778. The Hall–Kier alpha value is -1.11. The summed E-state index contributed by atoms with van der Waals surface area (Å²) in [7, 11) is -2.61. The molecule has 1 aromatic carbocycles. The number of ether oxygens (including phenoxy) is 1. The summed E-state index contributed by atoms with van der Waals surface area (Å²) in [6.07, 6.45) is -2.74. The van der Waals surface area contributed by atoms with Crippen molar-refractivity contribution in [1.29, 1.82) is 0 Å². The molecule has 1 aromatic rings. The summed E-state index contributed by atoms with van der Waals surface area (Å²) >= 11 is 0. The highest BCUT2D eigenvalue weighted by atomic mass is 31.2. The van der Waals surface area contributed by atoms with Gasteiger partial charge in [-0.15, -0.1) is 0 Å². The Balaban J connectivity index is 2.83. The van der Waals surface area contributed by atoms with Gasteiger partial charge in [-0.3, -0.25) is 0 Å². The van der Waals surface area contributed by atoms with E-state index in [1.165, 1.54) is 33.1 Å². The van der Waals surface area contributed by atoms with Crippen LogP contribution in [0, 0.1) is 0 Å². The second-order valence-electron chi connectivity index (χ2n) is 3.62. The first-order valence-corrected chi connectivity index (χ1v) is 6.97. The molecule has 2 atom stereocenters. The SMILES string of the molecule is COc1ccc(OP(=O)(OC(C)O)OC(C)O)cc1. The van der Waals surface area contributed by atoms with Crippen LogP contribution in [-0.4, -0.2) is 29.9 Å². The first-order chi connectivity index (χ1) is 8.84. The Bertz CT molecular complexity index is 415. The lowest BCUT2D eigenvalue weighted by Gasteiger charge is -2.21. The van der Waals surface area contributed by atoms with Crippen LogP contribution in [0.2, 0.25) is 0 Å². The van der Waals surface area contributed by atoms with E-state index in [0.717, 1.165) is 0 Å². The summed E-state index contributed by atoms with van der Waals surface area (Å²) in [5, 5.41) is 18.2. The van der Waals surface area contributed by atoms with Crippen molar-refractivity contribution in [1.82, 2.24) is 0 Å². The maximum absolute atomic E-state index is 12.1. The molecule has 0 saturated carbocycles. The van der Waals surface area contributed by atoms with Crippen molar-refractivity contribution < 1.29 is 33.1 Å². The molecule has 0 spiro atoms. The summed E-state index contributed by atoms with van der Waals surface area (Å²) in [6, 6.07) is 6.15. The highest BCUT2D eigenvalue weighted by Gasteiger charge is 2.32. The quantitative estimate of drug-likeness (QED) is 0.585. The zero-order valence-electron chi connectivity index (χ0n) is 10.8. The van der Waals surface area contributed by atoms with Gasteiger partial charge in [0.05, 0.1) is 7.11 Å². The van der Waals surface area contributed by atoms with Crippen molar-refractivity contribution in [2.45, 2.75) is 26.4 Å². The van der Waals surface area contributed by atoms with E-state index in [2.05, 4.69) is 9.05 Å². The third-order valence-electron chi connectivity index (χ3n) is 1.84. The van der Waals surface area contributed by atoms with Crippen LogP contribution in [0.3, 0.4) is 0 Å². The van der Waals surface area contributed by atoms with Gasteiger partial charge in [-0.1, -0.05) is 0 Å².